The second-order valence-electron chi connectivity index (χ2n) is 5.62. The van der Waals surface area contributed by atoms with Gasteiger partial charge in [0.1, 0.15) is 0 Å². The van der Waals surface area contributed by atoms with Crippen molar-refractivity contribution in [2.45, 2.75) is 25.8 Å². The molecule has 1 heterocycles. The van der Waals surface area contributed by atoms with Gasteiger partial charge in [0.25, 0.3) is 0 Å². The Kier molecular flexibility index (Phi) is 4.42. The standard InChI is InChI=1S/C19H20N2O2/c1-14-8-6-7-11-17(14)21-18(19(22)23-2)13-12-16(20-21)15-9-4-3-5-10-15/h3-11,18H,12-13H2,1-2H3. The summed E-state index contributed by atoms with van der Waals surface area (Å²) in [6.45, 7) is 2.02. The number of ether oxygens (including phenoxy) is 1. The van der Waals surface area contributed by atoms with Gasteiger partial charge in [-0.1, -0.05) is 48.5 Å². The Morgan fingerprint density at radius 1 is 1.13 bits per heavy atom. The third kappa shape index (κ3) is 3.11. The highest BCUT2D eigenvalue weighted by atomic mass is 16.5. The van der Waals surface area contributed by atoms with Crippen molar-refractivity contribution >= 4 is 17.4 Å². The van der Waals surface area contributed by atoms with Gasteiger partial charge in [0.05, 0.1) is 18.5 Å². The second-order valence-corrected chi connectivity index (χ2v) is 5.62. The number of para-hydroxylation sites is 1. The molecule has 0 aromatic heterocycles. The van der Waals surface area contributed by atoms with Crippen molar-refractivity contribution in [3.05, 3.63) is 65.7 Å². The van der Waals surface area contributed by atoms with Gasteiger partial charge in [-0.3, -0.25) is 5.01 Å². The van der Waals surface area contributed by atoms with Crippen molar-refractivity contribution in [1.82, 2.24) is 0 Å². The number of hydrogen-bond acceptors (Lipinski definition) is 4. The van der Waals surface area contributed by atoms with Crippen LogP contribution in [-0.4, -0.2) is 24.8 Å². The second kappa shape index (κ2) is 6.65. The van der Waals surface area contributed by atoms with Gasteiger partial charge in [0, 0.05) is 0 Å². The van der Waals surface area contributed by atoms with Gasteiger partial charge in [0.2, 0.25) is 0 Å². The van der Waals surface area contributed by atoms with Crippen LogP contribution >= 0.6 is 0 Å². The number of hydrogen-bond donors (Lipinski definition) is 0. The lowest BCUT2D eigenvalue weighted by molar-refractivity contribution is -0.142. The molecule has 1 atom stereocenters. The monoisotopic (exact) mass is 308 g/mol. The summed E-state index contributed by atoms with van der Waals surface area (Å²) in [5.74, 6) is -0.246. The predicted octanol–water partition coefficient (Wildman–Crippen LogP) is 3.54. The maximum absolute atomic E-state index is 12.2. The van der Waals surface area contributed by atoms with E-state index in [2.05, 4.69) is 0 Å². The van der Waals surface area contributed by atoms with E-state index in [1.54, 1.807) is 0 Å². The lowest BCUT2D eigenvalue weighted by Crippen LogP contribution is -2.43. The van der Waals surface area contributed by atoms with Gasteiger partial charge >= 0.3 is 5.97 Å². The first-order valence-electron chi connectivity index (χ1n) is 7.76. The molecule has 118 valence electrons. The van der Waals surface area contributed by atoms with E-state index in [4.69, 9.17) is 9.84 Å². The molecule has 3 rings (SSSR count). The highest BCUT2D eigenvalue weighted by Crippen LogP contribution is 2.29. The molecular formula is C19H20N2O2. The van der Waals surface area contributed by atoms with Gasteiger partial charge in [-0.15, -0.1) is 0 Å². The number of nitrogens with zero attached hydrogens (tertiary/aromatic N) is 2. The fraction of sp³-hybridized carbons (Fsp3) is 0.263. The molecule has 0 amide bonds. The Bertz CT molecular complexity index is 725. The smallest absolute Gasteiger partial charge is 0.330 e. The van der Waals surface area contributed by atoms with E-state index in [9.17, 15) is 4.79 Å². The molecule has 0 aliphatic carbocycles. The first kappa shape index (κ1) is 15.3. The van der Waals surface area contributed by atoms with Crippen LogP contribution in [-0.2, 0) is 9.53 Å². The van der Waals surface area contributed by atoms with Crippen molar-refractivity contribution in [2.24, 2.45) is 5.10 Å². The van der Waals surface area contributed by atoms with E-state index in [0.29, 0.717) is 6.42 Å². The quantitative estimate of drug-likeness (QED) is 0.814. The van der Waals surface area contributed by atoms with Gasteiger partial charge in [0.15, 0.2) is 6.04 Å². The van der Waals surface area contributed by atoms with Crippen LogP contribution in [0.25, 0.3) is 0 Å². The molecule has 0 spiro atoms. The van der Waals surface area contributed by atoms with Gasteiger partial charge in [-0.25, -0.2) is 4.79 Å². The lowest BCUT2D eigenvalue weighted by atomic mass is 9.99. The average molecular weight is 308 g/mol. The van der Waals surface area contributed by atoms with Gasteiger partial charge < -0.3 is 4.74 Å². The normalized spacial score (nSPS) is 17.6. The SMILES string of the molecule is COC(=O)C1CCC(c2ccccc2)=NN1c1ccccc1C. The Labute approximate surface area is 136 Å². The lowest BCUT2D eigenvalue weighted by Gasteiger charge is -2.33. The summed E-state index contributed by atoms with van der Waals surface area (Å²) < 4.78 is 4.97. The molecule has 0 saturated heterocycles. The van der Waals surface area contributed by atoms with E-state index in [-0.39, 0.29) is 12.0 Å². The molecule has 0 saturated carbocycles. The summed E-state index contributed by atoms with van der Waals surface area (Å²) in [4.78, 5) is 12.2. The number of benzene rings is 2. The number of esters is 1. The third-order valence-corrected chi connectivity index (χ3v) is 4.12. The Balaban J connectivity index is 2.04. The number of carbonyl (C=O) groups is 1. The fourth-order valence-electron chi connectivity index (χ4n) is 2.87. The summed E-state index contributed by atoms with van der Waals surface area (Å²) in [7, 11) is 1.43. The minimum atomic E-state index is -0.381. The fourth-order valence-corrected chi connectivity index (χ4v) is 2.87. The zero-order valence-electron chi connectivity index (χ0n) is 13.4. The van der Waals surface area contributed by atoms with Crippen molar-refractivity contribution in [2.75, 3.05) is 12.1 Å². The number of methoxy groups -OCH3 is 1. The number of aryl methyl sites for hydroxylation is 1. The molecular weight excluding hydrogens is 288 g/mol. The van der Waals surface area contributed by atoms with Crippen LogP contribution in [0.5, 0.6) is 0 Å². The van der Waals surface area contributed by atoms with Crippen molar-refractivity contribution < 1.29 is 9.53 Å². The van der Waals surface area contributed by atoms with Crippen molar-refractivity contribution in [3.63, 3.8) is 0 Å². The van der Waals surface area contributed by atoms with Crippen LogP contribution in [0.15, 0.2) is 59.7 Å². The molecule has 1 unspecified atom stereocenters. The Morgan fingerprint density at radius 2 is 1.83 bits per heavy atom. The van der Waals surface area contributed by atoms with Crippen LogP contribution in [0.2, 0.25) is 0 Å². The van der Waals surface area contributed by atoms with Gasteiger partial charge in [-0.2, -0.15) is 5.10 Å². The molecule has 0 radical (unpaired) electrons. The van der Waals surface area contributed by atoms with E-state index in [1.165, 1.54) is 7.11 Å². The molecule has 0 bridgehead atoms. The van der Waals surface area contributed by atoms with E-state index >= 15 is 0 Å². The van der Waals surface area contributed by atoms with Crippen molar-refractivity contribution in [1.29, 1.82) is 0 Å². The highest BCUT2D eigenvalue weighted by Gasteiger charge is 2.32. The van der Waals surface area contributed by atoms with Crippen LogP contribution < -0.4 is 5.01 Å². The molecule has 1 aliphatic rings. The van der Waals surface area contributed by atoms with Gasteiger partial charge in [-0.05, 0) is 37.0 Å². The van der Waals surface area contributed by atoms with E-state index < -0.39 is 0 Å². The molecule has 2 aromatic carbocycles. The number of anilines is 1. The molecule has 23 heavy (non-hydrogen) atoms. The van der Waals surface area contributed by atoms with Crippen LogP contribution in [0, 0.1) is 6.92 Å². The first-order valence-corrected chi connectivity index (χ1v) is 7.76. The van der Waals surface area contributed by atoms with Crippen LogP contribution in [0.3, 0.4) is 0 Å². The molecule has 2 aromatic rings. The van der Waals surface area contributed by atoms with Crippen LogP contribution in [0.1, 0.15) is 24.0 Å². The maximum Gasteiger partial charge on any atom is 0.330 e. The summed E-state index contributed by atoms with van der Waals surface area (Å²) in [6.07, 6.45) is 1.45. The molecule has 4 heteroatoms. The summed E-state index contributed by atoms with van der Waals surface area (Å²) in [6, 6.07) is 17.7. The summed E-state index contributed by atoms with van der Waals surface area (Å²) in [5.41, 5.74) is 4.11. The zero-order valence-corrected chi connectivity index (χ0v) is 13.4. The molecule has 0 N–H and O–H groups in total. The zero-order chi connectivity index (χ0) is 16.2. The summed E-state index contributed by atoms with van der Waals surface area (Å²) in [5, 5.41) is 6.60. The minimum absolute atomic E-state index is 0.246. The molecule has 1 aliphatic heterocycles. The van der Waals surface area contributed by atoms with E-state index in [1.807, 2.05) is 66.5 Å². The molecule has 4 nitrogen and oxygen atoms in total. The number of rotatable bonds is 3. The third-order valence-electron chi connectivity index (χ3n) is 4.12. The Hall–Kier alpha value is -2.62. The van der Waals surface area contributed by atoms with E-state index in [0.717, 1.165) is 28.9 Å². The maximum atomic E-state index is 12.2. The number of hydrazone groups is 1. The minimum Gasteiger partial charge on any atom is -0.467 e. The first-order chi connectivity index (χ1) is 11.2. The number of carbonyl (C=O) groups excluding carboxylic acids is 1. The van der Waals surface area contributed by atoms with Crippen molar-refractivity contribution in [3.8, 4) is 0 Å². The Morgan fingerprint density at radius 3 is 2.52 bits per heavy atom. The average Bonchev–Trinajstić information content (AvgIpc) is 2.62. The topological polar surface area (TPSA) is 41.9 Å². The van der Waals surface area contributed by atoms with Crippen LogP contribution in [0.4, 0.5) is 5.69 Å². The largest absolute Gasteiger partial charge is 0.467 e. The molecule has 0 fully saturated rings. The predicted molar refractivity (Wildman–Crippen MR) is 91.7 cm³/mol. The highest BCUT2D eigenvalue weighted by molar-refractivity contribution is 6.02. The summed E-state index contributed by atoms with van der Waals surface area (Å²) >= 11 is 0.